The number of benzene rings is 2. The van der Waals surface area contributed by atoms with Crippen LogP contribution in [0, 0.1) is 6.92 Å². The van der Waals surface area contributed by atoms with E-state index in [-0.39, 0.29) is 0 Å². The van der Waals surface area contributed by atoms with Crippen molar-refractivity contribution in [3.63, 3.8) is 0 Å². The van der Waals surface area contributed by atoms with Crippen LogP contribution in [-0.4, -0.2) is 7.11 Å². The molecule has 0 bridgehead atoms. The summed E-state index contributed by atoms with van der Waals surface area (Å²) >= 11 is 3.49. The largest absolute Gasteiger partial charge is 0.497 e. The van der Waals surface area contributed by atoms with Gasteiger partial charge in [0.1, 0.15) is 5.75 Å². The van der Waals surface area contributed by atoms with E-state index in [0.29, 0.717) is 0 Å². The van der Waals surface area contributed by atoms with Crippen molar-refractivity contribution >= 4 is 15.9 Å². The Kier molecular flexibility index (Phi) is 3.85. The number of alkyl halides is 1. The number of hydrogen-bond acceptors (Lipinski definition) is 1. The zero-order valence-electron chi connectivity index (χ0n) is 10.0. The van der Waals surface area contributed by atoms with Crippen LogP contribution in [0.4, 0.5) is 0 Å². The maximum Gasteiger partial charge on any atom is 0.118 e. The van der Waals surface area contributed by atoms with Crippen molar-refractivity contribution in [1.29, 1.82) is 0 Å². The van der Waals surface area contributed by atoms with Gasteiger partial charge >= 0.3 is 0 Å². The highest BCUT2D eigenvalue weighted by Gasteiger charge is 2.01. The Balaban J connectivity index is 2.35. The summed E-state index contributed by atoms with van der Waals surface area (Å²) in [7, 11) is 1.68. The lowest BCUT2D eigenvalue weighted by Crippen LogP contribution is -1.87. The lowest BCUT2D eigenvalue weighted by molar-refractivity contribution is 0.415. The van der Waals surface area contributed by atoms with Gasteiger partial charge in [0, 0.05) is 5.33 Å². The molecule has 2 rings (SSSR count). The van der Waals surface area contributed by atoms with Crippen LogP contribution in [0.2, 0.25) is 0 Å². The first-order valence-corrected chi connectivity index (χ1v) is 6.66. The lowest BCUT2D eigenvalue weighted by Gasteiger charge is -2.07. The second-order valence-corrected chi connectivity index (χ2v) is 4.56. The maximum absolute atomic E-state index is 5.16. The van der Waals surface area contributed by atoms with E-state index >= 15 is 0 Å². The third-order valence-corrected chi connectivity index (χ3v) is 3.51. The van der Waals surface area contributed by atoms with Crippen molar-refractivity contribution < 1.29 is 4.74 Å². The van der Waals surface area contributed by atoms with Gasteiger partial charge < -0.3 is 4.74 Å². The highest BCUT2D eigenvalue weighted by molar-refractivity contribution is 9.08. The van der Waals surface area contributed by atoms with Crippen LogP contribution >= 0.6 is 15.9 Å². The van der Waals surface area contributed by atoms with Gasteiger partial charge in [0.2, 0.25) is 0 Å². The molecule has 0 amide bonds. The molecule has 88 valence electrons. The second-order valence-electron chi connectivity index (χ2n) is 4.00. The molecule has 0 saturated carbocycles. The molecule has 0 aliphatic rings. The van der Waals surface area contributed by atoms with Crippen LogP contribution in [0.1, 0.15) is 11.1 Å². The molecule has 0 unspecified atom stereocenters. The van der Waals surface area contributed by atoms with Crippen LogP contribution < -0.4 is 4.74 Å². The molecule has 0 aliphatic heterocycles. The van der Waals surface area contributed by atoms with Crippen molar-refractivity contribution in [2.24, 2.45) is 0 Å². The van der Waals surface area contributed by atoms with E-state index < -0.39 is 0 Å². The fourth-order valence-corrected chi connectivity index (χ4v) is 2.44. The average Bonchev–Trinajstić information content (AvgIpc) is 2.39. The fraction of sp³-hybridized carbons (Fsp3) is 0.200. The number of ether oxygens (including phenoxy) is 1. The van der Waals surface area contributed by atoms with E-state index in [9.17, 15) is 0 Å². The second kappa shape index (κ2) is 5.37. The topological polar surface area (TPSA) is 9.23 Å². The van der Waals surface area contributed by atoms with Gasteiger partial charge in [0.25, 0.3) is 0 Å². The molecule has 0 aromatic heterocycles. The molecule has 0 aliphatic carbocycles. The summed E-state index contributed by atoms with van der Waals surface area (Å²) < 4.78 is 5.16. The van der Waals surface area contributed by atoms with Crippen LogP contribution in [0.25, 0.3) is 11.1 Å². The summed E-state index contributed by atoms with van der Waals surface area (Å²) in [5.74, 6) is 0.891. The standard InChI is InChI=1S/C15H15BrO/c1-11-9-13(3-4-14(11)10-16)12-5-7-15(17-2)8-6-12/h3-9H,10H2,1-2H3. The van der Waals surface area contributed by atoms with E-state index in [0.717, 1.165) is 11.1 Å². The third-order valence-electron chi connectivity index (χ3n) is 2.91. The van der Waals surface area contributed by atoms with Crippen LogP contribution in [0.5, 0.6) is 5.75 Å². The Hall–Kier alpha value is -1.28. The van der Waals surface area contributed by atoms with Crippen molar-refractivity contribution in [3.05, 3.63) is 53.6 Å². The average molecular weight is 291 g/mol. The summed E-state index contributed by atoms with van der Waals surface area (Å²) in [5.41, 5.74) is 5.11. The maximum atomic E-state index is 5.16. The summed E-state index contributed by atoms with van der Waals surface area (Å²) in [6.45, 7) is 2.14. The Morgan fingerprint density at radius 1 is 1.00 bits per heavy atom. The number of hydrogen-bond donors (Lipinski definition) is 0. The Morgan fingerprint density at radius 3 is 2.18 bits per heavy atom. The molecule has 0 atom stereocenters. The molecule has 0 N–H and O–H groups in total. The highest BCUT2D eigenvalue weighted by atomic mass is 79.9. The number of methoxy groups -OCH3 is 1. The Bertz CT molecular complexity index is 503. The summed E-state index contributed by atoms with van der Waals surface area (Å²) in [4.78, 5) is 0. The molecule has 0 saturated heterocycles. The first kappa shape index (κ1) is 12.2. The van der Waals surface area contributed by atoms with E-state index in [2.05, 4.69) is 53.2 Å². The highest BCUT2D eigenvalue weighted by Crippen LogP contribution is 2.25. The zero-order valence-corrected chi connectivity index (χ0v) is 11.6. The van der Waals surface area contributed by atoms with E-state index in [1.165, 1.54) is 22.3 Å². The first-order chi connectivity index (χ1) is 8.24. The summed E-state index contributed by atoms with van der Waals surface area (Å²) in [6, 6.07) is 14.7. The molecule has 2 aromatic rings. The number of aryl methyl sites for hydroxylation is 1. The zero-order chi connectivity index (χ0) is 12.3. The van der Waals surface area contributed by atoms with E-state index in [1.54, 1.807) is 7.11 Å². The molecule has 2 heteroatoms. The van der Waals surface area contributed by atoms with Gasteiger partial charge in [-0.05, 0) is 41.3 Å². The van der Waals surface area contributed by atoms with E-state index in [1.807, 2.05) is 12.1 Å². The van der Waals surface area contributed by atoms with Crippen LogP contribution in [0.15, 0.2) is 42.5 Å². The number of rotatable bonds is 3. The van der Waals surface area contributed by atoms with Crippen molar-refractivity contribution in [2.75, 3.05) is 7.11 Å². The fourth-order valence-electron chi connectivity index (χ4n) is 1.81. The van der Waals surface area contributed by atoms with Gasteiger partial charge in [-0.2, -0.15) is 0 Å². The third kappa shape index (κ3) is 2.70. The van der Waals surface area contributed by atoms with Gasteiger partial charge in [0.15, 0.2) is 0 Å². The molecule has 0 spiro atoms. The minimum absolute atomic E-state index is 0.891. The molecular formula is C15H15BrO. The number of halogens is 1. The Morgan fingerprint density at radius 2 is 1.65 bits per heavy atom. The summed E-state index contributed by atoms with van der Waals surface area (Å²) in [6.07, 6.45) is 0. The minimum Gasteiger partial charge on any atom is -0.497 e. The predicted molar refractivity (Wildman–Crippen MR) is 75.8 cm³/mol. The molecule has 2 aromatic carbocycles. The van der Waals surface area contributed by atoms with Gasteiger partial charge in [0.05, 0.1) is 7.11 Å². The smallest absolute Gasteiger partial charge is 0.118 e. The molecule has 17 heavy (non-hydrogen) atoms. The first-order valence-electron chi connectivity index (χ1n) is 5.54. The van der Waals surface area contributed by atoms with Crippen molar-refractivity contribution in [2.45, 2.75) is 12.3 Å². The van der Waals surface area contributed by atoms with Gasteiger partial charge in [-0.15, -0.1) is 0 Å². The van der Waals surface area contributed by atoms with Crippen LogP contribution in [-0.2, 0) is 5.33 Å². The van der Waals surface area contributed by atoms with Crippen molar-refractivity contribution in [3.8, 4) is 16.9 Å². The molecular weight excluding hydrogens is 276 g/mol. The van der Waals surface area contributed by atoms with Gasteiger partial charge in [-0.1, -0.05) is 46.3 Å². The normalized spacial score (nSPS) is 10.3. The lowest BCUT2D eigenvalue weighted by atomic mass is 10.0. The van der Waals surface area contributed by atoms with Gasteiger partial charge in [-0.3, -0.25) is 0 Å². The predicted octanol–water partition coefficient (Wildman–Crippen LogP) is 4.57. The minimum atomic E-state index is 0.891. The van der Waals surface area contributed by atoms with Gasteiger partial charge in [-0.25, -0.2) is 0 Å². The molecule has 0 heterocycles. The van der Waals surface area contributed by atoms with E-state index in [4.69, 9.17) is 4.74 Å². The quantitative estimate of drug-likeness (QED) is 0.753. The molecule has 0 radical (unpaired) electrons. The molecule has 1 nitrogen and oxygen atoms in total. The SMILES string of the molecule is COc1ccc(-c2ccc(CBr)c(C)c2)cc1. The Labute approximate surface area is 111 Å². The molecule has 0 fully saturated rings. The summed E-state index contributed by atoms with van der Waals surface area (Å²) in [5, 5.41) is 0.904. The monoisotopic (exact) mass is 290 g/mol. The van der Waals surface area contributed by atoms with Crippen LogP contribution in [0.3, 0.4) is 0 Å². The van der Waals surface area contributed by atoms with Crippen molar-refractivity contribution in [1.82, 2.24) is 0 Å².